The molecule has 178 valence electrons. The molecule has 0 aliphatic carbocycles. The van der Waals surface area contributed by atoms with Crippen molar-refractivity contribution in [3.8, 4) is 0 Å². The normalized spacial score (nSPS) is 12.6. The first-order valence-electron chi connectivity index (χ1n) is 10.3. The summed E-state index contributed by atoms with van der Waals surface area (Å²) >= 11 is 0. The second-order valence-corrected chi connectivity index (χ2v) is 7.50. The molecule has 31 heavy (non-hydrogen) atoms. The molecule has 0 aromatic rings. The molecule has 2 amide bonds. The van der Waals surface area contributed by atoms with E-state index in [9.17, 15) is 29.8 Å². The van der Waals surface area contributed by atoms with Crippen molar-refractivity contribution in [1.29, 1.82) is 5.41 Å². The number of rotatable bonds is 16. The molecular formula is C17H35BN6O7. The summed E-state index contributed by atoms with van der Waals surface area (Å²) < 4.78 is 5.25. The zero-order valence-corrected chi connectivity index (χ0v) is 18.3. The van der Waals surface area contributed by atoms with Gasteiger partial charge in [0.05, 0.1) is 5.94 Å². The van der Waals surface area contributed by atoms with Crippen molar-refractivity contribution in [2.24, 2.45) is 5.92 Å². The van der Waals surface area contributed by atoms with Gasteiger partial charge in [0, 0.05) is 13.2 Å². The van der Waals surface area contributed by atoms with Gasteiger partial charge in [-0.2, -0.15) is 0 Å². The smallest absolute Gasteiger partial charge is 0.426 e. The Kier molecular flexibility index (Phi) is 15.0. The van der Waals surface area contributed by atoms with Crippen molar-refractivity contribution in [3.63, 3.8) is 0 Å². The Morgan fingerprint density at radius 3 is 2.45 bits per heavy atom. The van der Waals surface area contributed by atoms with E-state index in [1.165, 1.54) is 0 Å². The quantitative estimate of drug-likeness (QED) is 0.0385. The Bertz CT molecular complexity index is 579. The Morgan fingerprint density at radius 1 is 1.23 bits per heavy atom. The number of amides is 2. The van der Waals surface area contributed by atoms with Crippen molar-refractivity contribution in [2.45, 2.75) is 64.9 Å². The molecule has 0 saturated carbocycles. The highest BCUT2D eigenvalue weighted by molar-refractivity contribution is 6.43. The average molecular weight is 446 g/mol. The van der Waals surface area contributed by atoms with Crippen molar-refractivity contribution >= 4 is 24.9 Å². The van der Waals surface area contributed by atoms with Gasteiger partial charge in [-0.3, -0.25) is 15.0 Å². The molecule has 0 aromatic heterocycles. The number of hydrogen-bond donors (Lipinski definition) is 7. The van der Waals surface area contributed by atoms with Crippen LogP contribution in [0.3, 0.4) is 0 Å². The fourth-order valence-corrected chi connectivity index (χ4v) is 2.61. The van der Waals surface area contributed by atoms with Crippen LogP contribution in [-0.4, -0.2) is 71.7 Å². The number of carbonyl (C=O) groups excluding carboxylic acids is 2. The monoisotopic (exact) mass is 446 g/mol. The Balaban J connectivity index is 4.86. The molecule has 0 aliphatic heterocycles. The largest absolute Gasteiger partial charge is 0.475 e. The van der Waals surface area contributed by atoms with Gasteiger partial charge in [0.2, 0.25) is 11.8 Å². The van der Waals surface area contributed by atoms with Crippen LogP contribution in [-0.2, 0) is 14.3 Å². The predicted octanol–water partition coefficient (Wildman–Crippen LogP) is -1.08. The third kappa shape index (κ3) is 15.1. The Hall–Kier alpha value is -2.45. The van der Waals surface area contributed by atoms with Crippen LogP contribution < -0.4 is 21.4 Å². The number of ether oxygens (including phenoxy) is 1. The van der Waals surface area contributed by atoms with Crippen LogP contribution in [0, 0.1) is 21.4 Å². The lowest BCUT2D eigenvalue weighted by Crippen LogP contribution is -2.54. The summed E-state index contributed by atoms with van der Waals surface area (Å²) in [6.07, 6.45) is 2.50. The first-order chi connectivity index (χ1) is 14.6. The number of nitro groups is 1. The highest BCUT2D eigenvalue weighted by atomic mass is 16.7. The van der Waals surface area contributed by atoms with E-state index < -0.39 is 41.9 Å². The van der Waals surface area contributed by atoms with Gasteiger partial charge < -0.3 is 30.7 Å². The fourth-order valence-electron chi connectivity index (χ4n) is 2.61. The van der Waals surface area contributed by atoms with E-state index in [2.05, 4.69) is 16.0 Å². The van der Waals surface area contributed by atoms with E-state index in [4.69, 9.17) is 10.1 Å². The lowest BCUT2D eigenvalue weighted by Gasteiger charge is -2.24. The topological polar surface area (TPSA) is 199 Å². The Morgan fingerprint density at radius 2 is 1.90 bits per heavy atom. The van der Waals surface area contributed by atoms with Crippen LogP contribution in [0.5, 0.6) is 0 Å². The van der Waals surface area contributed by atoms with Crippen LogP contribution >= 0.6 is 0 Å². The van der Waals surface area contributed by atoms with Gasteiger partial charge in [-0.25, -0.2) is 10.1 Å². The SMILES string of the molecule is CCCCOCC(=O)N[C@@H](CCCNC(=N)N[N+](=O)[O-])C(=O)N[C@@H](CC(C)C)B(O)O. The van der Waals surface area contributed by atoms with Crippen molar-refractivity contribution < 1.29 is 29.4 Å². The van der Waals surface area contributed by atoms with Crippen molar-refractivity contribution in [2.75, 3.05) is 19.8 Å². The second-order valence-electron chi connectivity index (χ2n) is 7.50. The summed E-state index contributed by atoms with van der Waals surface area (Å²) in [6, 6.07) is -0.977. The zero-order chi connectivity index (χ0) is 23.8. The summed E-state index contributed by atoms with van der Waals surface area (Å²) in [5.74, 6) is -2.38. The molecule has 0 aromatic carbocycles. The van der Waals surface area contributed by atoms with E-state index in [0.29, 0.717) is 19.4 Å². The van der Waals surface area contributed by atoms with E-state index in [1.807, 2.05) is 20.8 Å². The molecular weight excluding hydrogens is 411 g/mol. The van der Waals surface area contributed by atoms with Crippen LogP contribution in [0.1, 0.15) is 52.9 Å². The highest BCUT2D eigenvalue weighted by Gasteiger charge is 2.29. The molecule has 0 bridgehead atoms. The molecule has 0 aliphatic rings. The molecule has 13 nitrogen and oxygen atoms in total. The van der Waals surface area contributed by atoms with Gasteiger partial charge in [0.25, 0.3) is 5.96 Å². The first kappa shape index (κ1) is 28.6. The van der Waals surface area contributed by atoms with E-state index in [0.717, 1.165) is 12.8 Å². The van der Waals surface area contributed by atoms with Crippen LogP contribution in [0.4, 0.5) is 0 Å². The maximum absolute atomic E-state index is 12.7. The van der Waals surface area contributed by atoms with Crippen molar-refractivity contribution in [1.82, 2.24) is 21.4 Å². The minimum absolute atomic E-state index is 0.0939. The number of unbranched alkanes of at least 4 members (excludes halogenated alkanes) is 1. The summed E-state index contributed by atoms with van der Waals surface area (Å²) in [7, 11) is -1.75. The summed E-state index contributed by atoms with van der Waals surface area (Å²) in [6.45, 7) is 6.08. The minimum atomic E-state index is -1.75. The molecule has 2 atom stereocenters. The third-order valence-corrected chi connectivity index (χ3v) is 4.11. The molecule has 0 fully saturated rings. The molecule has 0 saturated heterocycles. The van der Waals surface area contributed by atoms with E-state index >= 15 is 0 Å². The van der Waals surface area contributed by atoms with E-state index in [1.54, 1.807) is 5.43 Å². The highest BCUT2D eigenvalue weighted by Crippen LogP contribution is 2.07. The number of nitrogens with one attached hydrogen (secondary N) is 5. The summed E-state index contributed by atoms with van der Waals surface area (Å²) in [5, 5.41) is 43.4. The minimum Gasteiger partial charge on any atom is -0.426 e. The molecule has 7 N–H and O–H groups in total. The van der Waals surface area contributed by atoms with Crippen molar-refractivity contribution in [3.05, 3.63) is 10.1 Å². The maximum atomic E-state index is 12.7. The number of hydrazine groups is 1. The lowest BCUT2D eigenvalue weighted by atomic mass is 9.75. The fraction of sp³-hybridized carbons (Fsp3) is 0.824. The van der Waals surface area contributed by atoms with Gasteiger partial charge in [-0.1, -0.05) is 32.6 Å². The molecule has 0 heterocycles. The van der Waals surface area contributed by atoms with E-state index in [-0.39, 0.29) is 25.5 Å². The molecule has 0 spiro atoms. The second kappa shape index (κ2) is 16.3. The average Bonchev–Trinajstić information content (AvgIpc) is 2.66. The molecule has 0 unspecified atom stereocenters. The number of hydrogen-bond acceptors (Lipinski definition) is 8. The molecule has 0 radical (unpaired) electrons. The summed E-state index contributed by atoms with van der Waals surface area (Å²) in [5.41, 5.74) is 1.65. The van der Waals surface area contributed by atoms with Gasteiger partial charge >= 0.3 is 7.12 Å². The number of carbonyl (C=O) groups is 2. The summed E-state index contributed by atoms with van der Waals surface area (Å²) in [4.78, 5) is 35.1. The third-order valence-electron chi connectivity index (χ3n) is 4.11. The number of guanidine groups is 1. The van der Waals surface area contributed by atoms with Gasteiger partial charge in [0.15, 0.2) is 5.03 Å². The van der Waals surface area contributed by atoms with Gasteiger partial charge in [-0.05, 0) is 31.6 Å². The van der Waals surface area contributed by atoms with Crippen LogP contribution in [0.15, 0.2) is 0 Å². The lowest BCUT2D eigenvalue weighted by molar-refractivity contribution is -0.525. The van der Waals surface area contributed by atoms with Crippen LogP contribution in [0.25, 0.3) is 0 Å². The Labute approximate surface area is 182 Å². The van der Waals surface area contributed by atoms with Gasteiger partial charge in [-0.15, -0.1) is 0 Å². The maximum Gasteiger partial charge on any atom is 0.475 e. The predicted molar refractivity (Wildman–Crippen MR) is 114 cm³/mol. The standard InChI is InChI=1S/C17H35BN6O7/c1-4-5-9-31-11-15(25)21-13(7-6-8-20-17(19)23-24(29)30)16(26)22-14(18(27)28)10-12(2)3/h12-14,27-28H,4-11H2,1-3H3,(H,21,25)(H,22,26)(H3,19,20,23)/t13-,14-/m0/s1. The van der Waals surface area contributed by atoms with Crippen LogP contribution in [0.2, 0.25) is 0 Å². The molecule has 14 heteroatoms. The zero-order valence-electron chi connectivity index (χ0n) is 18.3. The number of nitrogens with zero attached hydrogens (tertiary/aromatic N) is 1. The molecule has 0 rings (SSSR count). The first-order valence-corrected chi connectivity index (χ1v) is 10.3. The van der Waals surface area contributed by atoms with Gasteiger partial charge in [0.1, 0.15) is 12.6 Å².